The molecule has 0 aliphatic heterocycles. The number of rotatable bonds is 8. The first kappa shape index (κ1) is 21.2. The molecular weight excluding hydrogens is 386 g/mol. The molecule has 0 aliphatic rings. The molecule has 27 heavy (non-hydrogen) atoms. The number of hydrogen-bond donors (Lipinski definition) is 2. The minimum atomic E-state index is -3.57. The Hall–Kier alpha value is -2.09. The molecule has 2 aromatic carbocycles. The van der Waals surface area contributed by atoms with E-state index in [0.29, 0.717) is 35.1 Å². The third-order valence-electron chi connectivity index (χ3n) is 4.07. The molecular formula is C19H24ClN3O3S. The van der Waals surface area contributed by atoms with Gasteiger partial charge in [0.1, 0.15) is 0 Å². The molecule has 0 fully saturated rings. The predicted molar refractivity (Wildman–Crippen MR) is 110 cm³/mol. The Balaban J connectivity index is 2.11. The Morgan fingerprint density at radius 2 is 1.78 bits per heavy atom. The minimum Gasteiger partial charge on any atom is -0.376 e. The fourth-order valence-corrected chi connectivity index (χ4v) is 4.54. The average Bonchev–Trinajstić information content (AvgIpc) is 2.61. The van der Waals surface area contributed by atoms with E-state index in [2.05, 4.69) is 10.6 Å². The summed E-state index contributed by atoms with van der Waals surface area (Å²) in [5.41, 5.74) is 1.83. The molecule has 0 atom stereocenters. The molecule has 0 saturated carbocycles. The van der Waals surface area contributed by atoms with Crippen LogP contribution in [-0.2, 0) is 14.8 Å². The van der Waals surface area contributed by atoms with Gasteiger partial charge in [-0.25, -0.2) is 8.42 Å². The van der Waals surface area contributed by atoms with E-state index >= 15 is 0 Å². The van der Waals surface area contributed by atoms with Crippen LogP contribution < -0.4 is 10.6 Å². The summed E-state index contributed by atoms with van der Waals surface area (Å²) in [6.07, 6.45) is 0. The number of anilines is 2. The van der Waals surface area contributed by atoms with Crippen molar-refractivity contribution in [3.05, 3.63) is 53.1 Å². The van der Waals surface area contributed by atoms with Crippen molar-refractivity contribution < 1.29 is 13.2 Å². The molecule has 1 amide bonds. The van der Waals surface area contributed by atoms with E-state index in [1.807, 2.05) is 0 Å². The van der Waals surface area contributed by atoms with Crippen molar-refractivity contribution in [1.29, 1.82) is 0 Å². The Morgan fingerprint density at radius 3 is 2.41 bits per heavy atom. The van der Waals surface area contributed by atoms with Gasteiger partial charge in [-0.3, -0.25) is 4.79 Å². The molecule has 6 nitrogen and oxygen atoms in total. The largest absolute Gasteiger partial charge is 0.376 e. The lowest BCUT2D eigenvalue weighted by molar-refractivity contribution is -0.114. The van der Waals surface area contributed by atoms with Crippen LogP contribution in [-0.4, -0.2) is 38.3 Å². The number of nitrogens with one attached hydrogen (secondary N) is 2. The van der Waals surface area contributed by atoms with E-state index in [1.54, 1.807) is 63.2 Å². The zero-order valence-corrected chi connectivity index (χ0v) is 17.2. The molecule has 0 heterocycles. The first-order chi connectivity index (χ1) is 12.8. The SMILES string of the molecule is CCN(CC)S(=O)(=O)c1cc(NCC(=O)Nc2cccc(Cl)c2)ccc1C. The lowest BCUT2D eigenvalue weighted by Gasteiger charge is -2.20. The van der Waals surface area contributed by atoms with Crippen molar-refractivity contribution in [2.24, 2.45) is 0 Å². The van der Waals surface area contributed by atoms with E-state index in [-0.39, 0.29) is 17.3 Å². The van der Waals surface area contributed by atoms with Crippen LogP contribution >= 0.6 is 11.6 Å². The molecule has 0 unspecified atom stereocenters. The van der Waals surface area contributed by atoms with Crippen LogP contribution in [0.1, 0.15) is 19.4 Å². The van der Waals surface area contributed by atoms with Crippen LogP contribution in [0, 0.1) is 6.92 Å². The predicted octanol–water partition coefficient (Wildman–Crippen LogP) is 3.73. The molecule has 0 radical (unpaired) electrons. The highest BCUT2D eigenvalue weighted by molar-refractivity contribution is 7.89. The Labute approximate surface area is 165 Å². The quantitative estimate of drug-likeness (QED) is 0.696. The van der Waals surface area contributed by atoms with Crippen molar-refractivity contribution in [1.82, 2.24) is 4.31 Å². The van der Waals surface area contributed by atoms with Crippen molar-refractivity contribution in [2.75, 3.05) is 30.3 Å². The number of amides is 1. The highest BCUT2D eigenvalue weighted by Gasteiger charge is 2.23. The summed E-state index contributed by atoms with van der Waals surface area (Å²) in [4.78, 5) is 12.3. The van der Waals surface area contributed by atoms with Gasteiger partial charge >= 0.3 is 0 Å². The summed E-state index contributed by atoms with van der Waals surface area (Å²) in [5.74, 6) is -0.258. The lowest BCUT2D eigenvalue weighted by Crippen LogP contribution is -2.31. The maximum Gasteiger partial charge on any atom is 0.243 e. The van der Waals surface area contributed by atoms with E-state index < -0.39 is 10.0 Å². The van der Waals surface area contributed by atoms with Gasteiger partial charge in [0.25, 0.3) is 0 Å². The number of halogens is 1. The van der Waals surface area contributed by atoms with Gasteiger partial charge in [-0.15, -0.1) is 0 Å². The molecule has 2 rings (SSSR count). The van der Waals surface area contributed by atoms with Gasteiger partial charge < -0.3 is 10.6 Å². The zero-order valence-electron chi connectivity index (χ0n) is 15.6. The molecule has 0 aliphatic carbocycles. The van der Waals surface area contributed by atoms with Crippen LogP contribution in [0.3, 0.4) is 0 Å². The maximum absolute atomic E-state index is 12.8. The van der Waals surface area contributed by atoms with Gasteiger partial charge in [0.2, 0.25) is 15.9 Å². The fourth-order valence-electron chi connectivity index (χ4n) is 2.64. The van der Waals surface area contributed by atoms with Crippen molar-refractivity contribution in [3.8, 4) is 0 Å². The van der Waals surface area contributed by atoms with E-state index in [0.717, 1.165) is 0 Å². The third-order valence-corrected chi connectivity index (χ3v) is 6.50. The highest BCUT2D eigenvalue weighted by atomic mass is 35.5. The number of nitrogens with zero attached hydrogens (tertiary/aromatic N) is 1. The van der Waals surface area contributed by atoms with Gasteiger partial charge in [-0.05, 0) is 42.8 Å². The molecule has 0 bridgehead atoms. The Kier molecular flexibility index (Phi) is 7.24. The number of carbonyl (C=O) groups excluding carboxylic acids is 1. The second-order valence-corrected chi connectivity index (χ2v) is 8.32. The summed E-state index contributed by atoms with van der Waals surface area (Å²) in [6.45, 7) is 6.17. The normalized spacial score (nSPS) is 11.4. The van der Waals surface area contributed by atoms with E-state index in [9.17, 15) is 13.2 Å². The van der Waals surface area contributed by atoms with Crippen LogP contribution in [0.25, 0.3) is 0 Å². The van der Waals surface area contributed by atoms with E-state index in [4.69, 9.17) is 11.6 Å². The van der Waals surface area contributed by atoms with Crippen LogP contribution in [0.2, 0.25) is 5.02 Å². The molecule has 146 valence electrons. The highest BCUT2D eigenvalue weighted by Crippen LogP contribution is 2.23. The summed E-state index contributed by atoms with van der Waals surface area (Å²) in [7, 11) is -3.57. The van der Waals surface area contributed by atoms with Gasteiger partial charge in [-0.1, -0.05) is 37.6 Å². The van der Waals surface area contributed by atoms with Gasteiger partial charge in [0.15, 0.2) is 0 Å². The monoisotopic (exact) mass is 409 g/mol. The Morgan fingerprint density at radius 1 is 1.07 bits per heavy atom. The second-order valence-electron chi connectivity index (χ2n) is 5.98. The van der Waals surface area contributed by atoms with Crippen LogP contribution in [0.15, 0.2) is 47.4 Å². The third kappa shape index (κ3) is 5.45. The first-order valence-corrected chi connectivity index (χ1v) is 10.5. The van der Waals surface area contributed by atoms with Gasteiger partial charge in [0, 0.05) is 29.5 Å². The summed E-state index contributed by atoms with van der Waals surface area (Å²) >= 11 is 5.90. The van der Waals surface area contributed by atoms with Crippen molar-refractivity contribution in [3.63, 3.8) is 0 Å². The summed E-state index contributed by atoms with van der Waals surface area (Å²) in [5, 5.41) is 6.23. The molecule has 0 spiro atoms. The fraction of sp³-hybridized carbons (Fsp3) is 0.316. The number of carbonyl (C=O) groups is 1. The zero-order chi connectivity index (χ0) is 20.0. The average molecular weight is 410 g/mol. The molecule has 2 N–H and O–H groups in total. The van der Waals surface area contributed by atoms with Gasteiger partial charge in [-0.2, -0.15) is 4.31 Å². The number of aryl methyl sites for hydroxylation is 1. The molecule has 0 aromatic heterocycles. The van der Waals surface area contributed by atoms with Crippen LogP contribution in [0.4, 0.5) is 11.4 Å². The smallest absolute Gasteiger partial charge is 0.243 e. The van der Waals surface area contributed by atoms with Crippen molar-refractivity contribution in [2.45, 2.75) is 25.7 Å². The second kappa shape index (κ2) is 9.21. The maximum atomic E-state index is 12.8. The minimum absolute atomic E-state index is 0.000329. The summed E-state index contributed by atoms with van der Waals surface area (Å²) < 4.78 is 27.0. The lowest BCUT2D eigenvalue weighted by atomic mass is 10.2. The molecule has 2 aromatic rings. The number of hydrogen-bond acceptors (Lipinski definition) is 4. The Bertz CT molecular complexity index is 912. The first-order valence-electron chi connectivity index (χ1n) is 8.68. The number of benzene rings is 2. The van der Waals surface area contributed by atoms with Gasteiger partial charge in [0.05, 0.1) is 11.4 Å². The standard InChI is InChI=1S/C19H24ClN3O3S/c1-4-23(5-2)27(25,26)18-12-16(10-9-14(18)3)21-13-19(24)22-17-8-6-7-15(20)11-17/h6-12,21H,4-5,13H2,1-3H3,(H,22,24). The topological polar surface area (TPSA) is 78.5 Å². The molecule has 8 heteroatoms. The van der Waals surface area contributed by atoms with Crippen LogP contribution in [0.5, 0.6) is 0 Å². The summed E-state index contributed by atoms with van der Waals surface area (Å²) in [6, 6.07) is 11.9. The van der Waals surface area contributed by atoms with Crippen molar-refractivity contribution >= 4 is 38.9 Å². The number of sulfonamides is 1. The molecule has 0 saturated heterocycles. The van der Waals surface area contributed by atoms with E-state index in [1.165, 1.54) is 4.31 Å².